The average Bonchev–Trinajstić information content (AvgIpc) is 3.04. The van der Waals surface area contributed by atoms with E-state index in [1.54, 1.807) is 12.1 Å². The standard InChI is InChI=1S/C21H29N3O4/c25-14-10-5-3-1-2-4-9-13-18(26)15-20(27)22-19-16-21(28)24(23-19)17-11-7-6-8-12-17/h6-8,11-12,25H,1-5,9-10,13-16H2,(H,22,23,27). The number of Topliss-reactive ketones (excluding diaryl/α,β-unsaturated/α-hetero) is 1. The molecule has 0 fully saturated rings. The molecule has 152 valence electrons. The van der Waals surface area contributed by atoms with Gasteiger partial charge in [-0.25, -0.2) is 0 Å². The minimum atomic E-state index is -0.421. The van der Waals surface area contributed by atoms with Crippen molar-refractivity contribution in [2.75, 3.05) is 11.6 Å². The molecule has 0 atom stereocenters. The highest BCUT2D eigenvalue weighted by atomic mass is 16.3. The molecule has 7 heteroatoms. The first-order chi connectivity index (χ1) is 13.6. The van der Waals surface area contributed by atoms with Gasteiger partial charge in [-0.3, -0.25) is 14.4 Å². The number of para-hydroxylation sites is 1. The van der Waals surface area contributed by atoms with Crippen LogP contribution in [-0.2, 0) is 14.4 Å². The molecule has 7 nitrogen and oxygen atoms in total. The van der Waals surface area contributed by atoms with Crippen LogP contribution in [0.5, 0.6) is 0 Å². The molecule has 28 heavy (non-hydrogen) atoms. The number of nitrogens with one attached hydrogen (secondary N) is 1. The second-order valence-electron chi connectivity index (χ2n) is 6.98. The number of unbranched alkanes of at least 4 members (excludes halogenated alkanes) is 6. The number of nitrogens with zero attached hydrogens (tertiary/aromatic N) is 2. The Morgan fingerprint density at radius 2 is 1.64 bits per heavy atom. The number of carbonyl (C=O) groups is 3. The van der Waals surface area contributed by atoms with E-state index < -0.39 is 5.91 Å². The van der Waals surface area contributed by atoms with Crippen molar-refractivity contribution in [2.45, 2.75) is 64.2 Å². The molecule has 2 amide bonds. The van der Waals surface area contributed by atoms with Crippen LogP contribution in [0.3, 0.4) is 0 Å². The van der Waals surface area contributed by atoms with E-state index in [0.717, 1.165) is 44.9 Å². The van der Waals surface area contributed by atoms with E-state index in [1.165, 1.54) is 5.01 Å². The van der Waals surface area contributed by atoms with Crippen LogP contribution in [0, 0.1) is 0 Å². The third-order valence-electron chi connectivity index (χ3n) is 4.53. The third-order valence-corrected chi connectivity index (χ3v) is 4.53. The molecular formula is C21H29N3O4. The van der Waals surface area contributed by atoms with Crippen molar-refractivity contribution in [1.82, 2.24) is 5.32 Å². The summed E-state index contributed by atoms with van der Waals surface area (Å²) in [6, 6.07) is 9.00. The molecule has 0 aliphatic carbocycles. The molecule has 1 heterocycles. The predicted molar refractivity (Wildman–Crippen MR) is 108 cm³/mol. The van der Waals surface area contributed by atoms with Crippen molar-refractivity contribution in [3.8, 4) is 0 Å². The van der Waals surface area contributed by atoms with Crippen LogP contribution >= 0.6 is 0 Å². The summed E-state index contributed by atoms with van der Waals surface area (Å²) in [5.74, 6) is -0.459. The molecule has 1 aromatic carbocycles. The summed E-state index contributed by atoms with van der Waals surface area (Å²) in [5, 5.41) is 16.7. The Morgan fingerprint density at radius 3 is 2.32 bits per heavy atom. The topological polar surface area (TPSA) is 99.1 Å². The Kier molecular flexibility index (Phi) is 9.34. The number of aliphatic hydroxyl groups excluding tert-OH is 1. The lowest BCUT2D eigenvalue weighted by Crippen LogP contribution is -2.31. The van der Waals surface area contributed by atoms with Gasteiger partial charge in [0.1, 0.15) is 11.6 Å². The first-order valence-electron chi connectivity index (χ1n) is 9.98. The molecule has 1 aliphatic heterocycles. The van der Waals surface area contributed by atoms with Crippen molar-refractivity contribution in [1.29, 1.82) is 0 Å². The van der Waals surface area contributed by atoms with E-state index >= 15 is 0 Å². The minimum Gasteiger partial charge on any atom is -0.396 e. The number of benzene rings is 1. The van der Waals surface area contributed by atoms with Crippen LogP contribution in [0.25, 0.3) is 0 Å². The molecular weight excluding hydrogens is 358 g/mol. The number of amidine groups is 1. The maximum absolute atomic E-state index is 12.1. The van der Waals surface area contributed by atoms with Gasteiger partial charge in [0.2, 0.25) is 5.91 Å². The Bertz CT molecular complexity index is 688. The molecule has 1 aliphatic rings. The number of rotatable bonds is 12. The summed E-state index contributed by atoms with van der Waals surface area (Å²) in [6.07, 6.45) is 7.17. The average molecular weight is 387 g/mol. The molecule has 0 radical (unpaired) electrons. The van der Waals surface area contributed by atoms with E-state index in [1.807, 2.05) is 18.2 Å². The highest BCUT2D eigenvalue weighted by Crippen LogP contribution is 2.19. The zero-order valence-electron chi connectivity index (χ0n) is 16.2. The van der Waals surface area contributed by atoms with Gasteiger partial charge in [0, 0.05) is 13.0 Å². The van der Waals surface area contributed by atoms with Crippen molar-refractivity contribution < 1.29 is 19.5 Å². The lowest BCUT2D eigenvalue weighted by Gasteiger charge is -2.10. The van der Waals surface area contributed by atoms with Gasteiger partial charge in [-0.15, -0.1) is 0 Å². The zero-order chi connectivity index (χ0) is 20.2. The van der Waals surface area contributed by atoms with Crippen LogP contribution in [0.2, 0.25) is 0 Å². The number of aliphatic hydroxyl groups is 1. The van der Waals surface area contributed by atoms with Crippen LogP contribution in [0.1, 0.15) is 64.2 Å². The van der Waals surface area contributed by atoms with Gasteiger partial charge in [0.05, 0.1) is 18.5 Å². The molecule has 2 N–H and O–H groups in total. The third kappa shape index (κ3) is 7.60. The molecule has 0 unspecified atom stereocenters. The molecule has 0 spiro atoms. The number of amides is 2. The van der Waals surface area contributed by atoms with Crippen LogP contribution < -0.4 is 10.3 Å². The normalized spacial score (nSPS) is 13.5. The predicted octanol–water partition coefficient (Wildman–Crippen LogP) is 2.93. The Balaban J connectivity index is 1.64. The molecule has 1 aromatic rings. The zero-order valence-corrected chi connectivity index (χ0v) is 16.2. The van der Waals surface area contributed by atoms with Crippen molar-refractivity contribution >= 4 is 29.1 Å². The summed E-state index contributed by atoms with van der Waals surface area (Å²) in [6.45, 7) is 0.251. The summed E-state index contributed by atoms with van der Waals surface area (Å²) < 4.78 is 0. The SMILES string of the molecule is O=C(CCCCCCCCCO)CC(=O)NC1=NN(c2ccccc2)C(=O)C1. The Morgan fingerprint density at radius 1 is 1.00 bits per heavy atom. The van der Waals surface area contributed by atoms with Gasteiger partial charge in [0.15, 0.2) is 0 Å². The number of anilines is 1. The van der Waals surface area contributed by atoms with E-state index in [2.05, 4.69) is 10.4 Å². The lowest BCUT2D eigenvalue weighted by atomic mass is 10.1. The van der Waals surface area contributed by atoms with Gasteiger partial charge in [-0.2, -0.15) is 10.1 Å². The van der Waals surface area contributed by atoms with Gasteiger partial charge >= 0.3 is 0 Å². The van der Waals surface area contributed by atoms with Crippen molar-refractivity contribution in [2.24, 2.45) is 5.10 Å². The summed E-state index contributed by atoms with van der Waals surface area (Å²) in [4.78, 5) is 36.0. The maximum Gasteiger partial charge on any atom is 0.255 e. The summed E-state index contributed by atoms with van der Waals surface area (Å²) in [5.41, 5.74) is 0.643. The Hall–Kier alpha value is -2.54. The van der Waals surface area contributed by atoms with Crippen LogP contribution in [0.15, 0.2) is 35.4 Å². The van der Waals surface area contributed by atoms with E-state index in [9.17, 15) is 14.4 Å². The first-order valence-corrected chi connectivity index (χ1v) is 9.98. The fraction of sp³-hybridized carbons (Fsp3) is 0.524. The number of hydrogen-bond donors (Lipinski definition) is 2. The second kappa shape index (κ2) is 12.0. The summed E-state index contributed by atoms with van der Waals surface area (Å²) in [7, 11) is 0. The monoisotopic (exact) mass is 387 g/mol. The molecule has 0 saturated carbocycles. The lowest BCUT2D eigenvalue weighted by molar-refractivity contribution is -0.127. The highest BCUT2D eigenvalue weighted by molar-refractivity contribution is 6.17. The van der Waals surface area contributed by atoms with Gasteiger partial charge in [-0.1, -0.05) is 50.3 Å². The molecule has 0 bridgehead atoms. The number of hydrogen-bond acceptors (Lipinski definition) is 5. The second-order valence-corrected chi connectivity index (χ2v) is 6.98. The maximum atomic E-state index is 12.1. The van der Waals surface area contributed by atoms with E-state index in [-0.39, 0.29) is 37.0 Å². The number of ketones is 1. The van der Waals surface area contributed by atoms with E-state index in [4.69, 9.17) is 5.11 Å². The Labute approximate surface area is 165 Å². The van der Waals surface area contributed by atoms with Crippen LogP contribution in [0.4, 0.5) is 5.69 Å². The molecule has 0 aromatic heterocycles. The van der Waals surface area contributed by atoms with Gasteiger partial charge in [0.25, 0.3) is 5.91 Å². The number of carbonyl (C=O) groups excluding carboxylic acids is 3. The van der Waals surface area contributed by atoms with Gasteiger partial charge in [-0.05, 0) is 25.0 Å². The van der Waals surface area contributed by atoms with Crippen molar-refractivity contribution in [3.05, 3.63) is 30.3 Å². The quantitative estimate of drug-likeness (QED) is 0.425. The fourth-order valence-electron chi connectivity index (χ4n) is 3.06. The van der Waals surface area contributed by atoms with E-state index in [0.29, 0.717) is 12.1 Å². The van der Waals surface area contributed by atoms with Crippen molar-refractivity contribution in [3.63, 3.8) is 0 Å². The largest absolute Gasteiger partial charge is 0.396 e. The minimum absolute atomic E-state index is 0.0190. The molecule has 2 rings (SSSR count). The molecule has 0 saturated heterocycles. The first kappa shape index (κ1) is 21.8. The van der Waals surface area contributed by atoms with Crippen LogP contribution in [-0.4, -0.2) is 35.1 Å². The van der Waals surface area contributed by atoms with Gasteiger partial charge < -0.3 is 10.4 Å². The smallest absolute Gasteiger partial charge is 0.255 e. The summed E-state index contributed by atoms with van der Waals surface area (Å²) >= 11 is 0. The highest BCUT2D eigenvalue weighted by Gasteiger charge is 2.26. The fourth-order valence-corrected chi connectivity index (χ4v) is 3.06. The number of hydrazone groups is 1.